The van der Waals surface area contributed by atoms with Gasteiger partial charge in [-0.15, -0.1) is 0 Å². The zero-order chi connectivity index (χ0) is 44.8. The van der Waals surface area contributed by atoms with Crippen LogP contribution in [-0.2, 0) is 42.0 Å². The molecule has 4 aromatic rings. The van der Waals surface area contributed by atoms with Crippen LogP contribution >= 0.6 is 0 Å². The van der Waals surface area contributed by atoms with Crippen molar-refractivity contribution in [3.8, 4) is 11.5 Å². The molecule has 0 atom stereocenters. The summed E-state index contributed by atoms with van der Waals surface area (Å²) in [5.41, 5.74) is -5.65. The average molecular weight is 939 g/mol. The van der Waals surface area contributed by atoms with Crippen LogP contribution in [0.5, 0.6) is 11.5 Å². The van der Waals surface area contributed by atoms with Crippen LogP contribution in [0.25, 0.3) is 21.5 Å². The van der Waals surface area contributed by atoms with Gasteiger partial charge in [0.25, 0.3) is 0 Å². The number of methoxy groups -OCH3 is 2. The molecule has 2 aliphatic rings. The Morgan fingerprint density at radius 2 is 0.797 bits per heavy atom. The second kappa shape index (κ2) is 19.2. The zero-order valence-electron chi connectivity index (χ0n) is 30.5. The molecule has 0 unspecified atom stereocenters. The molecule has 4 aromatic carbocycles. The summed E-state index contributed by atoms with van der Waals surface area (Å²) in [7, 11) is -9.07. The molecular weight excluding hydrogens is 905 g/mol. The van der Waals surface area contributed by atoms with Crippen molar-refractivity contribution in [2.45, 2.75) is 64.3 Å². The molecule has 0 amide bonds. The Balaban J connectivity index is 0.000000217. The van der Waals surface area contributed by atoms with Gasteiger partial charge in [-0.2, -0.15) is 52.7 Å². The molecule has 2 heterocycles. The average Bonchev–Trinajstić information content (AvgIpc) is 3.89. The summed E-state index contributed by atoms with van der Waals surface area (Å²) < 4.78 is 205. The van der Waals surface area contributed by atoms with E-state index in [2.05, 4.69) is 72.8 Å². The van der Waals surface area contributed by atoms with Crippen molar-refractivity contribution in [3.05, 3.63) is 72.8 Å². The van der Waals surface area contributed by atoms with Crippen LogP contribution < -0.4 is 9.47 Å². The van der Waals surface area contributed by atoms with Gasteiger partial charge in [0, 0.05) is 43.3 Å². The third-order valence-electron chi connectivity index (χ3n) is 8.53. The monoisotopic (exact) mass is 938 g/mol. The lowest BCUT2D eigenvalue weighted by Crippen LogP contribution is -2.63. The largest absolute Gasteiger partial charge is 0.743 e. The Labute approximate surface area is 336 Å². The van der Waals surface area contributed by atoms with Crippen molar-refractivity contribution in [3.63, 3.8) is 0 Å². The Kier molecular flexibility index (Phi) is 16.3. The Morgan fingerprint density at radius 1 is 0.492 bits per heavy atom. The fourth-order valence-electron chi connectivity index (χ4n) is 5.61. The molecule has 0 aromatic heterocycles. The van der Waals surface area contributed by atoms with E-state index < -0.39 is 49.0 Å². The van der Waals surface area contributed by atoms with Crippen molar-refractivity contribution in [1.82, 2.24) is 0 Å². The summed E-state index contributed by atoms with van der Waals surface area (Å²) in [5, 5.41) is -1.83. The molecular formula is C35H34F12O8S4. The second-order valence-electron chi connectivity index (χ2n) is 12.4. The van der Waals surface area contributed by atoms with E-state index in [9.17, 15) is 65.7 Å². The van der Waals surface area contributed by atoms with Crippen molar-refractivity contribution in [2.24, 2.45) is 0 Å². The molecule has 0 N–H and O–H groups in total. The third kappa shape index (κ3) is 11.3. The molecule has 0 bridgehead atoms. The van der Waals surface area contributed by atoms with E-state index in [0.29, 0.717) is 21.8 Å². The fraction of sp³-hybridized carbons (Fsp3) is 0.429. The van der Waals surface area contributed by atoms with E-state index in [-0.39, 0.29) is 0 Å². The van der Waals surface area contributed by atoms with Crippen LogP contribution in [0.1, 0.15) is 25.7 Å². The molecule has 24 heteroatoms. The number of alkyl halides is 12. The minimum absolute atomic E-state index is 0.469. The summed E-state index contributed by atoms with van der Waals surface area (Å²) >= 11 is 0. The predicted octanol–water partition coefficient (Wildman–Crippen LogP) is 9.25. The first-order chi connectivity index (χ1) is 27.0. The Morgan fingerprint density at radius 3 is 1.05 bits per heavy atom. The van der Waals surface area contributed by atoms with E-state index >= 15 is 0 Å². The quantitative estimate of drug-likeness (QED) is 0.0776. The molecule has 2 saturated heterocycles. The molecule has 59 heavy (non-hydrogen) atoms. The minimum atomic E-state index is -7.43. The van der Waals surface area contributed by atoms with Gasteiger partial charge < -0.3 is 18.6 Å². The third-order valence-corrected chi connectivity index (χ3v) is 15.1. The van der Waals surface area contributed by atoms with Crippen molar-refractivity contribution in [2.75, 3.05) is 37.2 Å². The SMILES string of the molecule is COc1ccc([S+]2CCCC2)c2ccccc12.COc1ccc([S+]2CCCC2)c2ccccc12.O=S(=O)([O-])C(F)(F)C(F)(F)C(F)(F)C(F)(F)F.O=S(=O)([O-])C(F)(F)F. The minimum Gasteiger partial charge on any atom is -0.743 e. The van der Waals surface area contributed by atoms with Crippen molar-refractivity contribution >= 4 is 63.6 Å². The molecule has 6 rings (SSSR count). The van der Waals surface area contributed by atoms with Crippen LogP contribution in [0.2, 0.25) is 0 Å². The fourth-order valence-corrected chi connectivity index (χ4v) is 11.1. The molecule has 330 valence electrons. The zero-order valence-corrected chi connectivity index (χ0v) is 33.8. The molecule has 2 aliphatic heterocycles. The lowest BCUT2D eigenvalue weighted by atomic mass is 10.1. The Bertz CT molecular complexity index is 2160. The summed E-state index contributed by atoms with van der Waals surface area (Å²) in [4.78, 5) is 3.08. The first-order valence-corrected chi connectivity index (χ1v) is 22.6. The van der Waals surface area contributed by atoms with Crippen LogP contribution in [-0.4, -0.2) is 92.0 Å². The molecule has 0 radical (unpaired) electrons. The van der Waals surface area contributed by atoms with Crippen molar-refractivity contribution < 1.29 is 88.1 Å². The van der Waals surface area contributed by atoms with Crippen molar-refractivity contribution in [1.29, 1.82) is 0 Å². The van der Waals surface area contributed by atoms with Crippen LogP contribution in [0, 0.1) is 0 Å². The van der Waals surface area contributed by atoms with E-state index in [1.807, 2.05) is 0 Å². The lowest BCUT2D eigenvalue weighted by molar-refractivity contribution is -0.382. The first kappa shape index (κ1) is 50.0. The maximum atomic E-state index is 12.2. The molecule has 0 spiro atoms. The van der Waals surface area contributed by atoms with Crippen LogP contribution in [0.4, 0.5) is 52.7 Å². The summed E-state index contributed by atoms with van der Waals surface area (Å²) in [6.07, 6.45) is -1.59. The summed E-state index contributed by atoms with van der Waals surface area (Å²) in [5.74, 6) is -7.35. The molecule has 0 saturated carbocycles. The molecule has 2 fully saturated rings. The lowest BCUT2D eigenvalue weighted by Gasteiger charge is -2.34. The maximum Gasteiger partial charge on any atom is 0.485 e. The van der Waals surface area contributed by atoms with Gasteiger partial charge >= 0.3 is 28.8 Å². The van der Waals surface area contributed by atoms with E-state index in [0.717, 1.165) is 11.5 Å². The number of rotatable bonds is 7. The topological polar surface area (TPSA) is 133 Å². The summed E-state index contributed by atoms with van der Waals surface area (Å²) in [6, 6.07) is 26.0. The highest BCUT2D eigenvalue weighted by Gasteiger charge is 2.83. The highest BCUT2D eigenvalue weighted by atomic mass is 32.2. The smallest absolute Gasteiger partial charge is 0.485 e. The van der Waals surface area contributed by atoms with Crippen LogP contribution in [0.3, 0.4) is 0 Å². The number of benzene rings is 4. The van der Waals surface area contributed by atoms with Gasteiger partial charge in [0.2, 0.25) is 0 Å². The van der Waals surface area contributed by atoms with Gasteiger partial charge in [-0.3, -0.25) is 0 Å². The number of halogens is 12. The normalized spacial score (nSPS) is 16.1. The van der Waals surface area contributed by atoms with E-state index in [4.69, 9.17) is 22.4 Å². The highest BCUT2D eigenvalue weighted by Crippen LogP contribution is 2.54. The molecule has 0 aliphatic carbocycles. The van der Waals surface area contributed by atoms with Gasteiger partial charge in [-0.05, 0) is 62.1 Å². The predicted molar refractivity (Wildman–Crippen MR) is 197 cm³/mol. The van der Waals surface area contributed by atoms with Crippen LogP contribution in [0.15, 0.2) is 82.6 Å². The van der Waals surface area contributed by atoms with Gasteiger partial charge in [0.15, 0.2) is 30.0 Å². The molecule has 8 nitrogen and oxygen atoms in total. The Hall–Kier alpha value is -3.32. The standard InChI is InChI=1S/2C15H17OS.C4HF9O3S.CHF3O3S/c2*1-16-14-8-9-15(17-10-4-5-11-17)13-7-3-2-6-12(13)14;5-1(6,3(9,10)11)2(7,8)4(12,13)17(14,15)16;2-1(3,4)8(5,6)7/h2*2-3,6-9H,4-5,10-11H2,1H3;(H,14,15,16);(H,5,6,7)/q2*+1;;/p-2. The number of ether oxygens (including phenoxy) is 2. The maximum absolute atomic E-state index is 12.2. The van der Waals surface area contributed by atoms with Gasteiger partial charge in [0.05, 0.1) is 14.2 Å². The van der Waals surface area contributed by atoms with E-state index in [1.54, 1.807) is 24.0 Å². The first-order valence-electron chi connectivity index (χ1n) is 16.7. The highest BCUT2D eigenvalue weighted by molar-refractivity contribution is 7.97. The van der Waals surface area contributed by atoms with E-state index in [1.165, 1.54) is 70.2 Å². The summed E-state index contributed by atoms with van der Waals surface area (Å²) in [6.45, 7) is 0. The second-order valence-corrected chi connectivity index (χ2v) is 19.6. The van der Waals surface area contributed by atoms with Gasteiger partial charge in [0.1, 0.15) is 34.5 Å². The van der Waals surface area contributed by atoms with Gasteiger partial charge in [-0.25, -0.2) is 16.8 Å². The van der Waals surface area contributed by atoms with Gasteiger partial charge in [-0.1, -0.05) is 36.4 Å². The number of hydrogen-bond acceptors (Lipinski definition) is 8. The number of hydrogen-bond donors (Lipinski definition) is 0. The number of fused-ring (bicyclic) bond motifs is 2.